The third kappa shape index (κ3) is 3.04. The summed E-state index contributed by atoms with van der Waals surface area (Å²) in [5, 5.41) is 10.7. The highest BCUT2D eigenvalue weighted by molar-refractivity contribution is 6.31. The van der Waals surface area contributed by atoms with Gasteiger partial charge in [0.25, 0.3) is 5.91 Å². The molecular weight excluding hydrogens is 418 g/mol. The minimum Gasteiger partial charge on any atom is -0.508 e. The van der Waals surface area contributed by atoms with Crippen LogP contribution >= 0.6 is 11.6 Å². The van der Waals surface area contributed by atoms with Crippen LogP contribution in [0.1, 0.15) is 27.7 Å². The number of benzene rings is 3. The molecule has 3 aromatic carbocycles. The number of ether oxygens (including phenoxy) is 1. The van der Waals surface area contributed by atoms with Crippen molar-refractivity contribution in [3.63, 3.8) is 0 Å². The first-order chi connectivity index (χ1) is 15.0. The average Bonchev–Trinajstić information content (AvgIpc) is 3.07. The number of anilines is 1. The van der Waals surface area contributed by atoms with Crippen molar-refractivity contribution in [2.24, 2.45) is 0 Å². The molecule has 4 aromatic rings. The van der Waals surface area contributed by atoms with E-state index in [0.717, 1.165) is 0 Å². The molecule has 1 atom stereocenters. The number of nitrogens with zero attached hydrogens (tertiary/aromatic N) is 1. The van der Waals surface area contributed by atoms with Crippen molar-refractivity contribution >= 4 is 34.2 Å². The van der Waals surface area contributed by atoms with Crippen LogP contribution in [0.2, 0.25) is 5.02 Å². The molecular formula is C24H16ClNO5. The molecule has 1 N–H and O–H groups in total. The number of hydrogen-bond donors (Lipinski definition) is 1. The van der Waals surface area contributed by atoms with Crippen LogP contribution in [-0.4, -0.2) is 18.1 Å². The van der Waals surface area contributed by atoms with Gasteiger partial charge < -0.3 is 14.3 Å². The lowest BCUT2D eigenvalue weighted by atomic mass is 9.98. The maximum atomic E-state index is 13.5. The quantitative estimate of drug-likeness (QED) is 0.496. The smallest absolute Gasteiger partial charge is 0.295 e. The lowest BCUT2D eigenvalue weighted by molar-refractivity contribution is 0.0971. The van der Waals surface area contributed by atoms with Crippen LogP contribution in [-0.2, 0) is 0 Å². The standard InChI is InChI=1S/C24H16ClNO5/c1-30-17-8-6-15(7-9-17)26-21(13-3-2-4-16(27)11-13)20-22(28)18-12-14(25)5-10-19(18)31-23(20)24(26)29/h2-12,21,27H,1H3. The van der Waals surface area contributed by atoms with Crippen molar-refractivity contribution < 1.29 is 19.1 Å². The zero-order valence-corrected chi connectivity index (χ0v) is 17.1. The molecule has 1 unspecified atom stereocenters. The molecule has 7 heteroatoms. The van der Waals surface area contributed by atoms with Gasteiger partial charge in [-0.05, 0) is 60.2 Å². The van der Waals surface area contributed by atoms with E-state index in [1.807, 2.05) is 0 Å². The number of rotatable bonds is 3. The number of carbonyl (C=O) groups excluding carboxylic acids is 1. The zero-order chi connectivity index (χ0) is 21.7. The van der Waals surface area contributed by atoms with Crippen molar-refractivity contribution in [3.05, 3.63) is 98.9 Å². The number of phenols is 1. The third-order valence-corrected chi connectivity index (χ3v) is 5.60. The van der Waals surface area contributed by atoms with Gasteiger partial charge in [0.2, 0.25) is 5.76 Å². The predicted molar refractivity (Wildman–Crippen MR) is 117 cm³/mol. The average molecular weight is 434 g/mol. The van der Waals surface area contributed by atoms with E-state index in [4.69, 9.17) is 20.8 Å². The lowest BCUT2D eigenvalue weighted by Crippen LogP contribution is -2.29. The third-order valence-electron chi connectivity index (χ3n) is 5.37. The Kier molecular flexibility index (Phi) is 4.45. The molecule has 1 aliphatic rings. The van der Waals surface area contributed by atoms with E-state index >= 15 is 0 Å². The Morgan fingerprint density at radius 2 is 1.81 bits per heavy atom. The normalized spacial score (nSPS) is 15.4. The molecule has 1 aromatic heterocycles. The zero-order valence-electron chi connectivity index (χ0n) is 16.3. The van der Waals surface area contributed by atoms with Gasteiger partial charge in [0.15, 0.2) is 5.43 Å². The summed E-state index contributed by atoms with van der Waals surface area (Å²) in [7, 11) is 1.56. The second-order valence-corrected chi connectivity index (χ2v) is 7.62. The van der Waals surface area contributed by atoms with Crippen molar-refractivity contribution in [2.45, 2.75) is 6.04 Å². The second-order valence-electron chi connectivity index (χ2n) is 7.19. The molecule has 1 amide bonds. The summed E-state index contributed by atoms with van der Waals surface area (Å²) in [4.78, 5) is 28.4. The van der Waals surface area contributed by atoms with E-state index in [1.54, 1.807) is 55.6 Å². The Hall–Kier alpha value is -3.77. The van der Waals surface area contributed by atoms with Gasteiger partial charge in [-0.15, -0.1) is 0 Å². The Balaban J connectivity index is 1.80. The van der Waals surface area contributed by atoms with Gasteiger partial charge in [-0.2, -0.15) is 0 Å². The summed E-state index contributed by atoms with van der Waals surface area (Å²) in [6.07, 6.45) is 0. The maximum Gasteiger partial charge on any atom is 0.295 e. The summed E-state index contributed by atoms with van der Waals surface area (Å²) in [5.41, 5.74) is 1.30. The maximum absolute atomic E-state index is 13.5. The molecule has 1 aliphatic heterocycles. The fourth-order valence-electron chi connectivity index (χ4n) is 3.96. The van der Waals surface area contributed by atoms with Gasteiger partial charge >= 0.3 is 0 Å². The van der Waals surface area contributed by atoms with E-state index < -0.39 is 11.9 Å². The van der Waals surface area contributed by atoms with Crippen molar-refractivity contribution in [2.75, 3.05) is 12.0 Å². The van der Waals surface area contributed by atoms with Crippen LogP contribution in [0.3, 0.4) is 0 Å². The summed E-state index contributed by atoms with van der Waals surface area (Å²) < 4.78 is 11.1. The molecule has 31 heavy (non-hydrogen) atoms. The molecule has 5 rings (SSSR count). The highest BCUT2D eigenvalue weighted by Crippen LogP contribution is 2.42. The van der Waals surface area contributed by atoms with Crippen LogP contribution < -0.4 is 15.1 Å². The first-order valence-corrected chi connectivity index (χ1v) is 9.88. The SMILES string of the molecule is COc1ccc(N2C(=O)c3oc4ccc(Cl)cc4c(=O)c3C2c2cccc(O)c2)cc1. The van der Waals surface area contributed by atoms with Crippen LogP contribution in [0, 0.1) is 0 Å². The van der Waals surface area contributed by atoms with E-state index in [0.29, 0.717) is 27.4 Å². The van der Waals surface area contributed by atoms with Gasteiger partial charge in [0.1, 0.15) is 17.1 Å². The number of amides is 1. The van der Waals surface area contributed by atoms with Gasteiger partial charge in [0, 0.05) is 10.7 Å². The number of fused-ring (bicyclic) bond motifs is 2. The van der Waals surface area contributed by atoms with Gasteiger partial charge in [-0.25, -0.2) is 0 Å². The number of methoxy groups -OCH3 is 1. The van der Waals surface area contributed by atoms with Crippen LogP contribution in [0.25, 0.3) is 11.0 Å². The Morgan fingerprint density at radius 3 is 2.52 bits per heavy atom. The fourth-order valence-corrected chi connectivity index (χ4v) is 4.14. The number of halogens is 1. The second kappa shape index (κ2) is 7.18. The van der Waals surface area contributed by atoms with E-state index in [1.165, 1.54) is 23.1 Å². The Morgan fingerprint density at radius 1 is 1.03 bits per heavy atom. The molecule has 0 spiro atoms. The van der Waals surface area contributed by atoms with Gasteiger partial charge in [-0.1, -0.05) is 23.7 Å². The number of hydrogen-bond acceptors (Lipinski definition) is 5. The van der Waals surface area contributed by atoms with Crippen molar-refractivity contribution in [1.29, 1.82) is 0 Å². The highest BCUT2D eigenvalue weighted by Gasteiger charge is 2.43. The van der Waals surface area contributed by atoms with Crippen LogP contribution in [0.4, 0.5) is 5.69 Å². The molecule has 0 bridgehead atoms. The van der Waals surface area contributed by atoms with Crippen molar-refractivity contribution in [1.82, 2.24) is 0 Å². The van der Waals surface area contributed by atoms with E-state index in [2.05, 4.69) is 0 Å². The summed E-state index contributed by atoms with van der Waals surface area (Å²) >= 11 is 6.09. The topological polar surface area (TPSA) is 80.0 Å². The lowest BCUT2D eigenvalue weighted by Gasteiger charge is -2.25. The van der Waals surface area contributed by atoms with Crippen LogP contribution in [0.15, 0.2) is 75.9 Å². The predicted octanol–water partition coefficient (Wildman–Crippen LogP) is 4.91. The van der Waals surface area contributed by atoms with E-state index in [9.17, 15) is 14.7 Å². The number of phenolic OH excluding ortho intramolecular Hbond substituents is 1. The monoisotopic (exact) mass is 433 g/mol. The summed E-state index contributed by atoms with van der Waals surface area (Å²) in [5.74, 6) is 0.198. The molecule has 6 nitrogen and oxygen atoms in total. The van der Waals surface area contributed by atoms with Gasteiger partial charge in [0.05, 0.1) is 24.1 Å². The number of carbonyl (C=O) groups is 1. The molecule has 0 saturated carbocycles. The summed E-state index contributed by atoms with van der Waals surface area (Å²) in [6.45, 7) is 0. The molecule has 154 valence electrons. The first kappa shape index (κ1) is 19.2. The van der Waals surface area contributed by atoms with Crippen LogP contribution in [0.5, 0.6) is 11.5 Å². The Labute approximate surface area is 181 Å². The fraction of sp³-hybridized carbons (Fsp3) is 0.0833. The molecule has 2 heterocycles. The molecule has 0 fully saturated rings. The highest BCUT2D eigenvalue weighted by atomic mass is 35.5. The summed E-state index contributed by atoms with van der Waals surface area (Å²) in [6, 6.07) is 17.4. The van der Waals surface area contributed by atoms with Crippen molar-refractivity contribution in [3.8, 4) is 11.5 Å². The molecule has 0 radical (unpaired) electrons. The largest absolute Gasteiger partial charge is 0.508 e. The minimum atomic E-state index is -0.775. The Bertz CT molecular complexity index is 1390. The molecule has 0 aliphatic carbocycles. The number of aromatic hydroxyl groups is 1. The first-order valence-electron chi connectivity index (χ1n) is 9.50. The van der Waals surface area contributed by atoms with E-state index in [-0.39, 0.29) is 28.1 Å². The minimum absolute atomic E-state index is 0.0241. The van der Waals surface area contributed by atoms with Gasteiger partial charge in [-0.3, -0.25) is 14.5 Å². The molecule has 0 saturated heterocycles.